The SMILES string of the molecule is COc1ccc(C(O)=C2C(=O)C(=O)N(C[C@H]3CCCO3)[C@H]2c2ccc(Cl)cc2)cc1. The summed E-state index contributed by atoms with van der Waals surface area (Å²) >= 11 is 6.03. The van der Waals surface area contributed by atoms with Gasteiger partial charge in [-0.05, 0) is 54.8 Å². The molecule has 7 heteroatoms. The summed E-state index contributed by atoms with van der Waals surface area (Å²) in [6.07, 6.45) is 1.62. The molecule has 2 aliphatic rings. The summed E-state index contributed by atoms with van der Waals surface area (Å²) in [6.45, 7) is 0.934. The summed E-state index contributed by atoms with van der Waals surface area (Å²) in [5, 5.41) is 11.6. The molecule has 0 saturated carbocycles. The highest BCUT2D eigenvalue weighted by Gasteiger charge is 2.47. The normalized spacial score (nSPS) is 23.2. The van der Waals surface area contributed by atoms with Gasteiger partial charge in [0.25, 0.3) is 11.7 Å². The first kappa shape index (κ1) is 20.4. The van der Waals surface area contributed by atoms with Crippen LogP contribution >= 0.6 is 11.6 Å². The maximum Gasteiger partial charge on any atom is 0.295 e. The van der Waals surface area contributed by atoms with Gasteiger partial charge in [0, 0.05) is 23.7 Å². The Labute approximate surface area is 179 Å². The van der Waals surface area contributed by atoms with Gasteiger partial charge in [0.2, 0.25) is 0 Å². The number of nitrogens with zero attached hydrogens (tertiary/aromatic N) is 1. The summed E-state index contributed by atoms with van der Waals surface area (Å²) in [5.41, 5.74) is 1.20. The van der Waals surface area contributed by atoms with E-state index in [0.717, 1.165) is 12.8 Å². The van der Waals surface area contributed by atoms with E-state index in [4.69, 9.17) is 21.1 Å². The lowest BCUT2D eigenvalue weighted by molar-refractivity contribution is -0.140. The minimum Gasteiger partial charge on any atom is -0.507 e. The number of ether oxygens (including phenoxy) is 2. The van der Waals surface area contributed by atoms with Crippen LogP contribution in [0.25, 0.3) is 5.76 Å². The first-order valence-electron chi connectivity index (χ1n) is 9.79. The van der Waals surface area contributed by atoms with Crippen LogP contribution in [-0.2, 0) is 14.3 Å². The summed E-state index contributed by atoms with van der Waals surface area (Å²) in [6, 6.07) is 12.9. The van der Waals surface area contributed by atoms with Crippen LogP contribution in [0.1, 0.15) is 30.0 Å². The summed E-state index contributed by atoms with van der Waals surface area (Å²) < 4.78 is 10.8. The Balaban J connectivity index is 1.80. The zero-order valence-corrected chi connectivity index (χ0v) is 17.3. The molecule has 4 rings (SSSR count). The molecule has 2 aromatic carbocycles. The quantitative estimate of drug-likeness (QED) is 0.444. The van der Waals surface area contributed by atoms with Gasteiger partial charge in [-0.1, -0.05) is 23.7 Å². The molecule has 1 N–H and O–H groups in total. The second-order valence-corrected chi connectivity index (χ2v) is 7.80. The average Bonchev–Trinajstić information content (AvgIpc) is 3.36. The maximum absolute atomic E-state index is 13.0. The average molecular weight is 428 g/mol. The third kappa shape index (κ3) is 3.80. The van der Waals surface area contributed by atoms with Crippen LogP contribution in [0.3, 0.4) is 0 Å². The van der Waals surface area contributed by atoms with E-state index in [1.54, 1.807) is 55.6 Å². The number of ketones is 1. The highest BCUT2D eigenvalue weighted by Crippen LogP contribution is 2.40. The highest BCUT2D eigenvalue weighted by atomic mass is 35.5. The largest absolute Gasteiger partial charge is 0.507 e. The molecular weight excluding hydrogens is 406 g/mol. The van der Waals surface area contributed by atoms with Crippen molar-refractivity contribution in [2.24, 2.45) is 0 Å². The molecule has 30 heavy (non-hydrogen) atoms. The second kappa shape index (κ2) is 8.50. The number of hydrogen-bond donors (Lipinski definition) is 1. The van der Waals surface area contributed by atoms with Crippen molar-refractivity contribution < 1.29 is 24.2 Å². The molecule has 156 valence electrons. The number of halogens is 1. The number of Topliss-reactive ketones (excluding diaryl/α,β-unsaturated/α-hetero) is 1. The fourth-order valence-electron chi connectivity index (χ4n) is 3.97. The van der Waals surface area contributed by atoms with Crippen molar-refractivity contribution in [1.82, 2.24) is 4.90 Å². The van der Waals surface area contributed by atoms with Crippen LogP contribution in [0.4, 0.5) is 0 Å². The highest BCUT2D eigenvalue weighted by molar-refractivity contribution is 6.46. The minimum atomic E-state index is -0.714. The zero-order chi connectivity index (χ0) is 21.3. The predicted molar refractivity (Wildman–Crippen MR) is 112 cm³/mol. The molecule has 0 radical (unpaired) electrons. The lowest BCUT2D eigenvalue weighted by Crippen LogP contribution is -2.36. The molecule has 1 amide bonds. The van der Waals surface area contributed by atoms with E-state index < -0.39 is 17.7 Å². The molecule has 2 fully saturated rings. The number of rotatable bonds is 5. The Hall–Kier alpha value is -2.83. The van der Waals surface area contributed by atoms with Crippen LogP contribution in [0.2, 0.25) is 5.02 Å². The van der Waals surface area contributed by atoms with Crippen LogP contribution in [0.15, 0.2) is 54.1 Å². The van der Waals surface area contributed by atoms with Crippen LogP contribution in [0.5, 0.6) is 5.75 Å². The number of aliphatic hydroxyl groups is 1. The Morgan fingerprint density at radius 2 is 1.87 bits per heavy atom. The van der Waals surface area contributed by atoms with E-state index in [2.05, 4.69) is 0 Å². The molecule has 2 saturated heterocycles. The number of methoxy groups -OCH3 is 1. The number of carbonyl (C=O) groups is 2. The molecule has 2 atom stereocenters. The topological polar surface area (TPSA) is 76.1 Å². The Morgan fingerprint density at radius 1 is 1.17 bits per heavy atom. The lowest BCUT2D eigenvalue weighted by atomic mass is 9.95. The fourth-order valence-corrected chi connectivity index (χ4v) is 4.10. The molecule has 6 nitrogen and oxygen atoms in total. The second-order valence-electron chi connectivity index (χ2n) is 7.37. The van der Waals surface area contributed by atoms with Gasteiger partial charge in [-0.15, -0.1) is 0 Å². The van der Waals surface area contributed by atoms with Crippen LogP contribution in [0, 0.1) is 0 Å². The third-order valence-corrected chi connectivity index (χ3v) is 5.77. The molecule has 0 spiro atoms. The van der Waals surface area contributed by atoms with Crippen molar-refractivity contribution in [3.63, 3.8) is 0 Å². The molecule has 0 bridgehead atoms. The van der Waals surface area contributed by atoms with E-state index in [-0.39, 0.29) is 24.0 Å². The molecular formula is C23H22ClNO5. The monoisotopic (exact) mass is 427 g/mol. The molecule has 0 aromatic heterocycles. The standard InChI is InChI=1S/C23H22ClNO5/c1-29-17-10-6-15(7-11-17)21(26)19-20(14-4-8-16(24)9-5-14)25(23(28)22(19)27)13-18-3-2-12-30-18/h4-11,18,20,26H,2-3,12-13H2,1H3/t18-,20+/m1/s1. The maximum atomic E-state index is 13.0. The number of amides is 1. The lowest BCUT2D eigenvalue weighted by Gasteiger charge is -2.27. The Bertz CT molecular complexity index is 978. The van der Waals surface area contributed by atoms with Gasteiger partial charge in [0.1, 0.15) is 11.5 Å². The van der Waals surface area contributed by atoms with E-state index in [1.165, 1.54) is 4.90 Å². The first-order chi connectivity index (χ1) is 14.5. The van der Waals surface area contributed by atoms with Crippen LogP contribution < -0.4 is 4.74 Å². The molecule has 2 aromatic rings. The Kier molecular flexibility index (Phi) is 5.79. The van der Waals surface area contributed by atoms with E-state index in [9.17, 15) is 14.7 Å². The number of carbonyl (C=O) groups excluding carboxylic acids is 2. The van der Waals surface area contributed by atoms with E-state index in [0.29, 0.717) is 28.5 Å². The van der Waals surface area contributed by atoms with E-state index in [1.807, 2.05) is 0 Å². The van der Waals surface area contributed by atoms with Gasteiger partial charge >= 0.3 is 0 Å². The van der Waals surface area contributed by atoms with Crippen LogP contribution in [-0.4, -0.2) is 48.1 Å². The molecule has 2 heterocycles. The fraction of sp³-hybridized carbons (Fsp3) is 0.304. The number of likely N-dealkylation sites (tertiary alicyclic amines) is 1. The predicted octanol–water partition coefficient (Wildman–Crippen LogP) is 3.95. The van der Waals surface area contributed by atoms with Crippen molar-refractivity contribution in [1.29, 1.82) is 0 Å². The summed E-state index contributed by atoms with van der Waals surface area (Å²) in [7, 11) is 1.55. The third-order valence-electron chi connectivity index (χ3n) is 5.51. The van der Waals surface area contributed by atoms with Gasteiger partial charge in [-0.2, -0.15) is 0 Å². The smallest absolute Gasteiger partial charge is 0.295 e. The summed E-state index contributed by atoms with van der Waals surface area (Å²) in [5.74, 6) is -0.938. The van der Waals surface area contributed by atoms with Gasteiger partial charge in [0.15, 0.2) is 0 Å². The molecule has 0 aliphatic carbocycles. The van der Waals surface area contributed by atoms with Gasteiger partial charge in [-0.3, -0.25) is 9.59 Å². The van der Waals surface area contributed by atoms with Crippen molar-refractivity contribution in [3.8, 4) is 5.75 Å². The number of hydrogen-bond acceptors (Lipinski definition) is 5. The molecule has 2 aliphatic heterocycles. The van der Waals surface area contributed by atoms with Crippen molar-refractivity contribution in [2.45, 2.75) is 25.0 Å². The number of aliphatic hydroxyl groups excluding tert-OH is 1. The zero-order valence-electron chi connectivity index (χ0n) is 16.5. The first-order valence-corrected chi connectivity index (χ1v) is 10.2. The van der Waals surface area contributed by atoms with Gasteiger partial charge in [-0.25, -0.2) is 0 Å². The van der Waals surface area contributed by atoms with E-state index >= 15 is 0 Å². The van der Waals surface area contributed by atoms with Crippen molar-refractivity contribution >= 4 is 29.1 Å². The van der Waals surface area contributed by atoms with Gasteiger partial charge < -0.3 is 19.5 Å². The summed E-state index contributed by atoms with van der Waals surface area (Å²) in [4.78, 5) is 27.4. The Morgan fingerprint density at radius 3 is 2.47 bits per heavy atom. The van der Waals surface area contributed by atoms with Crippen molar-refractivity contribution in [3.05, 3.63) is 70.3 Å². The molecule has 0 unspecified atom stereocenters. The van der Waals surface area contributed by atoms with Gasteiger partial charge in [0.05, 0.1) is 24.8 Å². The van der Waals surface area contributed by atoms with Crippen molar-refractivity contribution in [2.75, 3.05) is 20.3 Å². The number of benzene rings is 2. The minimum absolute atomic E-state index is 0.0606.